The molecule has 23 heavy (non-hydrogen) atoms. The number of nitrogens with zero attached hydrogens (tertiary/aromatic N) is 4. The fourth-order valence-electron chi connectivity index (χ4n) is 2.55. The largest absolute Gasteiger partial charge is 0.354 e. The van der Waals surface area contributed by atoms with Crippen LogP contribution in [0.1, 0.15) is 23.3 Å². The summed E-state index contributed by atoms with van der Waals surface area (Å²) in [6.45, 7) is 1.22. The Kier molecular flexibility index (Phi) is 4.66. The van der Waals surface area contributed by atoms with Gasteiger partial charge in [0.1, 0.15) is 5.69 Å². The number of aromatic nitrogens is 3. The Balaban J connectivity index is 1.57. The molecule has 0 aliphatic carbocycles. The average Bonchev–Trinajstić information content (AvgIpc) is 2.57. The molecule has 6 nitrogen and oxygen atoms in total. The van der Waals surface area contributed by atoms with Crippen molar-refractivity contribution < 1.29 is 9.18 Å². The molecule has 1 fully saturated rings. The van der Waals surface area contributed by atoms with Gasteiger partial charge in [-0.05, 0) is 18.9 Å². The molecular weight excluding hydrogens is 321 g/mol. The normalized spacial score (nSPS) is 15.5. The molecule has 1 amide bonds. The van der Waals surface area contributed by atoms with Crippen molar-refractivity contribution in [2.75, 3.05) is 18.0 Å². The van der Waals surface area contributed by atoms with Crippen LogP contribution >= 0.6 is 11.6 Å². The molecule has 0 aromatic carbocycles. The molecule has 0 atom stereocenters. The number of rotatable bonds is 3. The number of hydrogen-bond donors (Lipinski definition) is 1. The van der Waals surface area contributed by atoms with Crippen molar-refractivity contribution in [2.24, 2.45) is 0 Å². The Labute approximate surface area is 137 Å². The highest BCUT2D eigenvalue weighted by Gasteiger charge is 2.24. The lowest BCUT2D eigenvalue weighted by molar-refractivity contribution is 0.0925. The van der Waals surface area contributed by atoms with E-state index in [9.17, 15) is 9.18 Å². The number of halogens is 2. The van der Waals surface area contributed by atoms with Crippen LogP contribution < -0.4 is 10.2 Å². The third-order valence-electron chi connectivity index (χ3n) is 3.71. The lowest BCUT2D eigenvalue weighted by atomic mass is 10.0. The number of pyridine rings is 1. The van der Waals surface area contributed by atoms with Gasteiger partial charge in [-0.3, -0.25) is 9.78 Å². The van der Waals surface area contributed by atoms with Crippen LogP contribution in [0.5, 0.6) is 0 Å². The molecular formula is C15H15ClFN5O. The fourth-order valence-corrected chi connectivity index (χ4v) is 2.70. The van der Waals surface area contributed by atoms with E-state index in [1.807, 2.05) is 4.90 Å². The molecule has 3 rings (SSSR count). The molecule has 3 heterocycles. The summed E-state index contributed by atoms with van der Waals surface area (Å²) >= 11 is 5.72. The highest BCUT2D eigenvalue weighted by atomic mass is 35.5. The van der Waals surface area contributed by atoms with Crippen LogP contribution in [0, 0.1) is 5.82 Å². The maximum Gasteiger partial charge on any atom is 0.271 e. The van der Waals surface area contributed by atoms with Gasteiger partial charge in [0, 0.05) is 37.7 Å². The van der Waals surface area contributed by atoms with Crippen LogP contribution in [0.15, 0.2) is 30.9 Å². The smallest absolute Gasteiger partial charge is 0.271 e. The Hall–Kier alpha value is -2.28. The first-order valence-corrected chi connectivity index (χ1v) is 7.64. The Morgan fingerprint density at radius 1 is 1.26 bits per heavy atom. The number of nitrogens with one attached hydrogen (secondary N) is 1. The van der Waals surface area contributed by atoms with E-state index < -0.39 is 5.82 Å². The van der Waals surface area contributed by atoms with Crippen LogP contribution in [-0.4, -0.2) is 40.0 Å². The molecule has 1 N–H and O–H groups in total. The summed E-state index contributed by atoms with van der Waals surface area (Å²) in [5.41, 5.74) is 0.292. The van der Waals surface area contributed by atoms with Crippen LogP contribution in [0.4, 0.5) is 10.2 Å². The minimum atomic E-state index is -0.431. The zero-order valence-electron chi connectivity index (χ0n) is 12.2. The number of piperidine rings is 1. The highest BCUT2D eigenvalue weighted by Crippen LogP contribution is 2.23. The molecule has 2 aromatic heterocycles. The average molecular weight is 336 g/mol. The second-order valence-corrected chi connectivity index (χ2v) is 5.72. The Bertz CT molecular complexity index is 692. The van der Waals surface area contributed by atoms with Crippen molar-refractivity contribution in [3.8, 4) is 0 Å². The van der Waals surface area contributed by atoms with Crippen molar-refractivity contribution in [3.05, 3.63) is 47.4 Å². The molecule has 0 unspecified atom stereocenters. The second kappa shape index (κ2) is 6.87. The van der Waals surface area contributed by atoms with Crippen LogP contribution in [0.3, 0.4) is 0 Å². The van der Waals surface area contributed by atoms with Gasteiger partial charge in [0.15, 0.2) is 11.6 Å². The van der Waals surface area contributed by atoms with Gasteiger partial charge in [-0.1, -0.05) is 11.6 Å². The highest BCUT2D eigenvalue weighted by molar-refractivity contribution is 6.30. The van der Waals surface area contributed by atoms with Crippen molar-refractivity contribution in [3.63, 3.8) is 0 Å². The first-order chi connectivity index (χ1) is 11.1. The van der Waals surface area contributed by atoms with E-state index in [0.29, 0.717) is 37.4 Å². The van der Waals surface area contributed by atoms with Gasteiger partial charge < -0.3 is 10.2 Å². The molecule has 1 aliphatic rings. The van der Waals surface area contributed by atoms with Gasteiger partial charge in [-0.25, -0.2) is 14.4 Å². The molecule has 8 heteroatoms. The molecule has 0 saturated carbocycles. The maximum absolute atomic E-state index is 13.9. The van der Waals surface area contributed by atoms with Crippen LogP contribution in [0.25, 0.3) is 0 Å². The predicted octanol–water partition coefficient (Wildman–Crippen LogP) is 2.06. The van der Waals surface area contributed by atoms with E-state index in [-0.39, 0.29) is 17.0 Å². The zero-order chi connectivity index (χ0) is 16.2. The van der Waals surface area contributed by atoms with E-state index in [1.165, 1.54) is 30.9 Å². The molecule has 2 aromatic rings. The number of hydrogen-bond acceptors (Lipinski definition) is 5. The van der Waals surface area contributed by atoms with Crippen LogP contribution in [0.2, 0.25) is 5.02 Å². The van der Waals surface area contributed by atoms with E-state index in [1.54, 1.807) is 0 Å². The van der Waals surface area contributed by atoms with Crippen LogP contribution in [-0.2, 0) is 0 Å². The molecule has 0 radical (unpaired) electrons. The summed E-state index contributed by atoms with van der Waals surface area (Å²) in [5.74, 6) is -0.375. The Morgan fingerprint density at radius 3 is 2.70 bits per heavy atom. The van der Waals surface area contributed by atoms with Gasteiger partial charge in [-0.15, -0.1) is 0 Å². The van der Waals surface area contributed by atoms with Gasteiger partial charge >= 0.3 is 0 Å². The summed E-state index contributed by atoms with van der Waals surface area (Å²) < 4.78 is 13.9. The minimum Gasteiger partial charge on any atom is -0.354 e. The predicted molar refractivity (Wildman–Crippen MR) is 83.9 cm³/mol. The summed E-state index contributed by atoms with van der Waals surface area (Å²) in [5, 5.41) is 3.20. The standard InChI is InChI=1S/C15H15ClFN5O/c16-10-7-12(17)14(20-8-10)22-5-1-11(2-6-22)21-15(23)13-9-18-3-4-19-13/h3-4,7-9,11H,1-2,5-6H2,(H,21,23). The first-order valence-electron chi connectivity index (χ1n) is 7.26. The lowest BCUT2D eigenvalue weighted by Gasteiger charge is -2.33. The molecule has 120 valence electrons. The quantitative estimate of drug-likeness (QED) is 0.929. The van der Waals surface area contributed by atoms with Crippen molar-refractivity contribution in [1.29, 1.82) is 0 Å². The van der Waals surface area contributed by atoms with E-state index in [0.717, 1.165) is 0 Å². The minimum absolute atomic E-state index is 0.0242. The third-order valence-corrected chi connectivity index (χ3v) is 3.92. The van der Waals surface area contributed by atoms with E-state index in [4.69, 9.17) is 11.6 Å². The topological polar surface area (TPSA) is 71.0 Å². The fraction of sp³-hybridized carbons (Fsp3) is 0.333. The molecule has 0 bridgehead atoms. The molecule has 0 spiro atoms. The summed E-state index contributed by atoms with van der Waals surface area (Å²) in [7, 11) is 0. The van der Waals surface area contributed by atoms with Crippen molar-refractivity contribution >= 4 is 23.3 Å². The van der Waals surface area contributed by atoms with Gasteiger partial charge in [-0.2, -0.15) is 0 Å². The van der Waals surface area contributed by atoms with Gasteiger partial charge in [0.25, 0.3) is 5.91 Å². The van der Waals surface area contributed by atoms with Crippen molar-refractivity contribution in [2.45, 2.75) is 18.9 Å². The summed E-state index contributed by atoms with van der Waals surface area (Å²) in [6.07, 6.45) is 7.26. The maximum atomic E-state index is 13.9. The monoisotopic (exact) mass is 335 g/mol. The summed E-state index contributed by atoms with van der Waals surface area (Å²) in [6, 6.07) is 1.28. The van der Waals surface area contributed by atoms with E-state index in [2.05, 4.69) is 20.3 Å². The lowest BCUT2D eigenvalue weighted by Crippen LogP contribution is -2.45. The third kappa shape index (κ3) is 3.73. The number of carbonyl (C=O) groups excluding carboxylic acids is 1. The Morgan fingerprint density at radius 2 is 2.04 bits per heavy atom. The first kappa shape index (κ1) is 15.6. The molecule has 1 saturated heterocycles. The van der Waals surface area contributed by atoms with Gasteiger partial charge in [0.05, 0.1) is 11.2 Å². The number of amides is 1. The molecule has 1 aliphatic heterocycles. The number of anilines is 1. The van der Waals surface area contributed by atoms with Crippen molar-refractivity contribution in [1.82, 2.24) is 20.3 Å². The SMILES string of the molecule is O=C(NC1CCN(c2ncc(Cl)cc2F)CC1)c1cnccn1. The second-order valence-electron chi connectivity index (χ2n) is 5.28. The zero-order valence-corrected chi connectivity index (χ0v) is 13.0. The number of carbonyl (C=O) groups is 1. The summed E-state index contributed by atoms with van der Waals surface area (Å²) in [4.78, 5) is 25.8. The van der Waals surface area contributed by atoms with E-state index >= 15 is 0 Å². The van der Waals surface area contributed by atoms with Gasteiger partial charge in [0.2, 0.25) is 0 Å².